The second kappa shape index (κ2) is 4.32. The van der Waals surface area contributed by atoms with Gasteiger partial charge in [0.05, 0.1) is 0 Å². The lowest BCUT2D eigenvalue weighted by Gasteiger charge is -1.78. The minimum Gasteiger partial charge on any atom is -0.504 e. The quantitative estimate of drug-likeness (QED) is 0.605. The van der Waals surface area contributed by atoms with Gasteiger partial charge in [0.15, 0.2) is 5.75 Å². The highest BCUT2D eigenvalue weighted by molar-refractivity contribution is 5.35. The van der Waals surface area contributed by atoms with E-state index in [9.17, 15) is 4.79 Å². The van der Waals surface area contributed by atoms with Crippen molar-refractivity contribution in [2.75, 3.05) is 0 Å². The molecule has 0 amide bonds. The van der Waals surface area contributed by atoms with Crippen LogP contribution >= 0.6 is 0 Å². The fourth-order valence-corrected chi connectivity index (χ4v) is 0.831. The molecule has 0 aliphatic heterocycles. The van der Waals surface area contributed by atoms with Crippen LogP contribution < -0.4 is 5.43 Å². The van der Waals surface area contributed by atoms with Gasteiger partial charge in [0.1, 0.15) is 0 Å². The lowest BCUT2D eigenvalue weighted by molar-refractivity contribution is 0.471. The van der Waals surface area contributed by atoms with Crippen molar-refractivity contribution < 1.29 is 5.11 Å². The standard InChI is InChI=1S/C11H10O2/c1-2-3-4-9-5-7-10(12)11(13)8-6-9/h5-8H,2H2,1H3,(H,12,13). The topological polar surface area (TPSA) is 37.3 Å². The highest BCUT2D eigenvalue weighted by Crippen LogP contribution is 2.00. The van der Waals surface area contributed by atoms with Crippen molar-refractivity contribution in [1.29, 1.82) is 0 Å². The van der Waals surface area contributed by atoms with Crippen LogP contribution in [0.25, 0.3) is 0 Å². The normalized spacial score (nSPS) is 8.69. The Balaban J connectivity index is 3.16. The van der Waals surface area contributed by atoms with E-state index in [1.807, 2.05) is 6.92 Å². The molecule has 0 radical (unpaired) electrons. The van der Waals surface area contributed by atoms with Crippen LogP contribution in [0.3, 0.4) is 0 Å². The predicted octanol–water partition coefficient (Wildman–Crippen LogP) is 1.51. The van der Waals surface area contributed by atoms with Gasteiger partial charge >= 0.3 is 0 Å². The molecule has 0 bridgehead atoms. The van der Waals surface area contributed by atoms with Crippen LogP contribution in [-0.4, -0.2) is 5.11 Å². The zero-order valence-electron chi connectivity index (χ0n) is 7.37. The number of hydrogen-bond acceptors (Lipinski definition) is 2. The highest BCUT2D eigenvalue weighted by atomic mass is 16.3. The predicted molar refractivity (Wildman–Crippen MR) is 51.5 cm³/mol. The summed E-state index contributed by atoms with van der Waals surface area (Å²) >= 11 is 0. The number of aromatic hydroxyl groups is 1. The fraction of sp³-hybridized carbons (Fsp3) is 0.182. The molecule has 2 nitrogen and oxygen atoms in total. The van der Waals surface area contributed by atoms with Crippen molar-refractivity contribution in [3.63, 3.8) is 0 Å². The Labute approximate surface area is 76.9 Å². The van der Waals surface area contributed by atoms with Crippen LogP contribution in [-0.2, 0) is 0 Å². The molecule has 0 aromatic heterocycles. The Morgan fingerprint density at radius 2 is 2.00 bits per heavy atom. The van der Waals surface area contributed by atoms with Crippen LogP contribution in [0.2, 0.25) is 0 Å². The summed E-state index contributed by atoms with van der Waals surface area (Å²) in [4.78, 5) is 10.9. The first-order chi connectivity index (χ1) is 6.24. The van der Waals surface area contributed by atoms with Gasteiger partial charge in [-0.2, -0.15) is 0 Å². The van der Waals surface area contributed by atoms with Crippen molar-refractivity contribution in [2.24, 2.45) is 0 Å². The second-order valence-corrected chi connectivity index (χ2v) is 2.53. The van der Waals surface area contributed by atoms with E-state index >= 15 is 0 Å². The van der Waals surface area contributed by atoms with Gasteiger partial charge in [0.25, 0.3) is 0 Å². The molecule has 0 aliphatic carbocycles. The summed E-state index contributed by atoms with van der Waals surface area (Å²) < 4.78 is 0. The third-order valence-electron chi connectivity index (χ3n) is 1.50. The monoisotopic (exact) mass is 174 g/mol. The molecule has 0 saturated carbocycles. The maximum atomic E-state index is 10.9. The Bertz CT molecular complexity index is 410. The lowest BCUT2D eigenvalue weighted by atomic mass is 10.3. The molecular weight excluding hydrogens is 164 g/mol. The van der Waals surface area contributed by atoms with Gasteiger partial charge in [-0.05, 0) is 24.3 Å². The maximum Gasteiger partial charge on any atom is 0.220 e. The van der Waals surface area contributed by atoms with E-state index in [1.54, 1.807) is 12.1 Å². The van der Waals surface area contributed by atoms with Crippen molar-refractivity contribution in [1.82, 2.24) is 0 Å². The Hall–Kier alpha value is -1.75. The minimum absolute atomic E-state index is 0.246. The van der Waals surface area contributed by atoms with Gasteiger partial charge in [-0.15, -0.1) is 0 Å². The summed E-state index contributed by atoms with van der Waals surface area (Å²) in [5, 5.41) is 9.07. The van der Waals surface area contributed by atoms with E-state index in [-0.39, 0.29) is 11.2 Å². The first-order valence-electron chi connectivity index (χ1n) is 4.06. The average Bonchev–Trinajstić information content (AvgIpc) is 2.29. The van der Waals surface area contributed by atoms with Crippen LogP contribution in [0, 0.1) is 11.8 Å². The third kappa shape index (κ3) is 2.64. The molecule has 0 aliphatic rings. The molecular formula is C11H10O2. The van der Waals surface area contributed by atoms with E-state index in [1.165, 1.54) is 12.1 Å². The summed E-state index contributed by atoms with van der Waals surface area (Å²) in [7, 11) is 0. The van der Waals surface area contributed by atoms with Crippen LogP contribution in [0.15, 0.2) is 29.1 Å². The Kier molecular flexibility index (Phi) is 3.10. The van der Waals surface area contributed by atoms with Crippen LogP contribution in [0.5, 0.6) is 5.75 Å². The smallest absolute Gasteiger partial charge is 0.220 e. The molecule has 1 rings (SSSR count). The molecule has 66 valence electrons. The Morgan fingerprint density at radius 3 is 2.69 bits per heavy atom. The summed E-state index contributed by atoms with van der Waals surface area (Å²) in [5.41, 5.74) is 0.351. The van der Waals surface area contributed by atoms with Crippen LogP contribution in [0.4, 0.5) is 0 Å². The lowest BCUT2D eigenvalue weighted by Crippen LogP contribution is -1.91. The van der Waals surface area contributed by atoms with Gasteiger partial charge in [0, 0.05) is 12.0 Å². The molecule has 1 N–H and O–H groups in total. The van der Waals surface area contributed by atoms with Gasteiger partial charge in [-0.25, -0.2) is 0 Å². The number of hydrogen-bond donors (Lipinski definition) is 1. The summed E-state index contributed by atoms with van der Waals surface area (Å²) in [5.74, 6) is 5.51. The van der Waals surface area contributed by atoms with Crippen LogP contribution in [0.1, 0.15) is 18.9 Å². The van der Waals surface area contributed by atoms with E-state index in [0.29, 0.717) is 0 Å². The largest absolute Gasteiger partial charge is 0.504 e. The minimum atomic E-state index is -0.385. The first kappa shape index (κ1) is 9.34. The average molecular weight is 174 g/mol. The molecule has 0 spiro atoms. The Morgan fingerprint density at radius 1 is 1.31 bits per heavy atom. The molecule has 0 fully saturated rings. The van der Waals surface area contributed by atoms with Crippen molar-refractivity contribution >= 4 is 0 Å². The fourth-order valence-electron chi connectivity index (χ4n) is 0.831. The SMILES string of the molecule is CCC#Cc1ccc(O)c(=O)cc1. The zero-order valence-corrected chi connectivity index (χ0v) is 7.37. The summed E-state index contributed by atoms with van der Waals surface area (Å²) in [6.07, 6.45) is 0.773. The number of rotatable bonds is 0. The summed E-state index contributed by atoms with van der Waals surface area (Å²) in [6, 6.07) is 5.90. The molecule has 2 heteroatoms. The molecule has 13 heavy (non-hydrogen) atoms. The molecule has 1 aromatic rings. The molecule has 0 atom stereocenters. The molecule has 1 aromatic carbocycles. The van der Waals surface area contributed by atoms with E-state index in [2.05, 4.69) is 11.8 Å². The second-order valence-electron chi connectivity index (χ2n) is 2.53. The third-order valence-corrected chi connectivity index (χ3v) is 1.50. The van der Waals surface area contributed by atoms with Gasteiger partial charge in [-0.1, -0.05) is 18.8 Å². The van der Waals surface area contributed by atoms with E-state index < -0.39 is 0 Å². The highest BCUT2D eigenvalue weighted by Gasteiger charge is 1.91. The van der Waals surface area contributed by atoms with E-state index in [0.717, 1.165) is 12.0 Å². The molecule has 0 saturated heterocycles. The van der Waals surface area contributed by atoms with Crippen molar-refractivity contribution in [3.05, 3.63) is 40.1 Å². The van der Waals surface area contributed by atoms with Gasteiger partial charge in [0.2, 0.25) is 5.43 Å². The first-order valence-corrected chi connectivity index (χ1v) is 4.06. The van der Waals surface area contributed by atoms with E-state index in [4.69, 9.17) is 5.11 Å². The molecule has 0 heterocycles. The summed E-state index contributed by atoms with van der Waals surface area (Å²) in [6.45, 7) is 1.95. The van der Waals surface area contributed by atoms with Crippen molar-refractivity contribution in [2.45, 2.75) is 13.3 Å². The van der Waals surface area contributed by atoms with Gasteiger partial charge in [-0.3, -0.25) is 4.79 Å². The van der Waals surface area contributed by atoms with Gasteiger partial charge < -0.3 is 5.11 Å². The molecule has 0 unspecified atom stereocenters. The maximum absolute atomic E-state index is 10.9. The zero-order chi connectivity index (χ0) is 9.68. The van der Waals surface area contributed by atoms with Crippen molar-refractivity contribution in [3.8, 4) is 17.6 Å².